The molecule has 0 atom stereocenters. The van der Waals surface area contributed by atoms with E-state index in [9.17, 15) is 9.90 Å². The molecule has 0 bridgehead atoms. The highest BCUT2D eigenvalue weighted by atomic mass is 16.4. The van der Waals surface area contributed by atoms with Gasteiger partial charge in [-0.25, -0.2) is 4.79 Å². The van der Waals surface area contributed by atoms with Crippen LogP contribution in [-0.2, 0) is 13.5 Å². The molecular weight excluding hydrogens is 290 g/mol. The van der Waals surface area contributed by atoms with Crippen molar-refractivity contribution in [2.24, 2.45) is 7.05 Å². The van der Waals surface area contributed by atoms with Gasteiger partial charge in [-0.15, -0.1) is 0 Å². The lowest BCUT2D eigenvalue weighted by molar-refractivity contribution is 0.0698. The van der Waals surface area contributed by atoms with Gasteiger partial charge in [0, 0.05) is 44.8 Å². The van der Waals surface area contributed by atoms with E-state index in [0.29, 0.717) is 5.56 Å². The summed E-state index contributed by atoms with van der Waals surface area (Å²) in [5.74, 6) is -0.854. The highest BCUT2D eigenvalue weighted by Gasteiger charge is 2.16. The number of rotatable bonds is 5. The van der Waals surface area contributed by atoms with Gasteiger partial charge in [0.15, 0.2) is 0 Å². The first kappa shape index (κ1) is 16.0. The van der Waals surface area contributed by atoms with E-state index in [4.69, 9.17) is 0 Å². The van der Waals surface area contributed by atoms with Gasteiger partial charge in [-0.05, 0) is 49.6 Å². The number of aromatic carboxylic acids is 1. The van der Waals surface area contributed by atoms with E-state index in [-0.39, 0.29) is 0 Å². The predicted molar refractivity (Wildman–Crippen MR) is 92.2 cm³/mol. The minimum atomic E-state index is -0.854. The second-order valence-electron chi connectivity index (χ2n) is 6.47. The van der Waals surface area contributed by atoms with E-state index in [1.807, 2.05) is 18.5 Å². The molecule has 2 aromatic rings. The van der Waals surface area contributed by atoms with Crippen LogP contribution in [0.1, 0.15) is 27.9 Å². The molecule has 0 aliphatic carbocycles. The van der Waals surface area contributed by atoms with Gasteiger partial charge >= 0.3 is 5.97 Å². The van der Waals surface area contributed by atoms with Gasteiger partial charge in [0.05, 0.1) is 11.1 Å². The van der Waals surface area contributed by atoms with E-state index in [1.165, 1.54) is 5.56 Å². The van der Waals surface area contributed by atoms with Crippen LogP contribution >= 0.6 is 0 Å². The SMILES string of the molecule is Cc1cc(C(=O)O)c2c(c1)c(CCCN1CCNCC1)cn2C. The molecule has 2 N–H and O–H groups in total. The number of nitrogens with zero attached hydrogens (tertiary/aromatic N) is 2. The monoisotopic (exact) mass is 315 g/mol. The molecule has 1 saturated heterocycles. The first-order valence-corrected chi connectivity index (χ1v) is 8.31. The van der Waals surface area contributed by atoms with E-state index in [1.54, 1.807) is 6.07 Å². The normalized spacial score (nSPS) is 16.1. The second kappa shape index (κ2) is 6.72. The first-order chi connectivity index (χ1) is 11.1. The number of benzene rings is 1. The van der Waals surface area contributed by atoms with E-state index in [2.05, 4.69) is 22.5 Å². The third kappa shape index (κ3) is 3.41. The molecule has 2 heterocycles. The fraction of sp³-hybridized carbons (Fsp3) is 0.500. The molecule has 0 saturated carbocycles. The third-order valence-electron chi connectivity index (χ3n) is 4.66. The van der Waals surface area contributed by atoms with Crippen LogP contribution in [0.15, 0.2) is 18.3 Å². The van der Waals surface area contributed by atoms with Crippen LogP contribution in [-0.4, -0.2) is 53.3 Å². The van der Waals surface area contributed by atoms with Gasteiger partial charge in [0.2, 0.25) is 0 Å². The molecule has 1 fully saturated rings. The average Bonchev–Trinajstić information content (AvgIpc) is 2.83. The molecule has 0 unspecified atom stereocenters. The molecule has 5 nitrogen and oxygen atoms in total. The van der Waals surface area contributed by atoms with Crippen LogP contribution in [0.4, 0.5) is 0 Å². The molecule has 1 aromatic carbocycles. The van der Waals surface area contributed by atoms with E-state index < -0.39 is 5.97 Å². The van der Waals surface area contributed by atoms with Crippen molar-refractivity contribution in [1.82, 2.24) is 14.8 Å². The molecule has 0 radical (unpaired) electrons. The molecule has 1 aliphatic rings. The lowest BCUT2D eigenvalue weighted by Crippen LogP contribution is -2.43. The quantitative estimate of drug-likeness (QED) is 0.886. The Morgan fingerprint density at radius 2 is 2.04 bits per heavy atom. The number of hydrogen-bond acceptors (Lipinski definition) is 3. The Balaban J connectivity index is 1.79. The zero-order valence-electron chi connectivity index (χ0n) is 13.9. The van der Waals surface area contributed by atoms with Crippen LogP contribution in [0.2, 0.25) is 0 Å². The lowest BCUT2D eigenvalue weighted by atomic mass is 10.0. The predicted octanol–water partition coefficient (Wildman–Crippen LogP) is 2.02. The molecule has 1 aromatic heterocycles. The molecule has 124 valence electrons. The van der Waals surface area contributed by atoms with Crippen molar-refractivity contribution in [1.29, 1.82) is 0 Å². The second-order valence-corrected chi connectivity index (χ2v) is 6.47. The summed E-state index contributed by atoms with van der Waals surface area (Å²) in [5.41, 5.74) is 3.49. The first-order valence-electron chi connectivity index (χ1n) is 8.31. The van der Waals surface area contributed by atoms with Crippen LogP contribution in [0.25, 0.3) is 10.9 Å². The third-order valence-corrected chi connectivity index (χ3v) is 4.66. The number of carboxylic acids is 1. The molecule has 23 heavy (non-hydrogen) atoms. The molecule has 0 spiro atoms. The Kier molecular flexibility index (Phi) is 4.68. The van der Waals surface area contributed by atoms with Crippen molar-refractivity contribution in [2.45, 2.75) is 19.8 Å². The zero-order valence-corrected chi connectivity index (χ0v) is 13.9. The van der Waals surface area contributed by atoms with Crippen molar-refractivity contribution in [3.8, 4) is 0 Å². The maximum absolute atomic E-state index is 11.5. The van der Waals surface area contributed by atoms with Gasteiger partial charge in [-0.3, -0.25) is 0 Å². The Hall–Kier alpha value is -1.85. The molecule has 3 rings (SSSR count). The van der Waals surface area contributed by atoms with Crippen molar-refractivity contribution in [2.75, 3.05) is 32.7 Å². The van der Waals surface area contributed by atoms with Crippen LogP contribution in [0.5, 0.6) is 0 Å². The molecule has 5 heteroatoms. The van der Waals surface area contributed by atoms with E-state index >= 15 is 0 Å². The summed E-state index contributed by atoms with van der Waals surface area (Å²) < 4.78 is 1.96. The summed E-state index contributed by atoms with van der Waals surface area (Å²) in [6, 6.07) is 3.87. The Bertz CT molecular complexity index is 715. The van der Waals surface area contributed by atoms with Gasteiger partial charge in [-0.2, -0.15) is 0 Å². The van der Waals surface area contributed by atoms with Crippen molar-refractivity contribution in [3.05, 3.63) is 35.0 Å². The van der Waals surface area contributed by atoms with Crippen molar-refractivity contribution >= 4 is 16.9 Å². The summed E-state index contributed by atoms with van der Waals surface area (Å²) in [7, 11) is 1.93. The van der Waals surface area contributed by atoms with Crippen molar-refractivity contribution in [3.63, 3.8) is 0 Å². The topological polar surface area (TPSA) is 57.5 Å². The van der Waals surface area contributed by atoms with Crippen LogP contribution in [0.3, 0.4) is 0 Å². The van der Waals surface area contributed by atoms with Crippen LogP contribution < -0.4 is 5.32 Å². The molecule has 0 amide bonds. The summed E-state index contributed by atoms with van der Waals surface area (Å²) >= 11 is 0. The number of hydrogen-bond donors (Lipinski definition) is 2. The van der Waals surface area contributed by atoms with Gasteiger partial charge in [0.1, 0.15) is 0 Å². The molecular formula is C18H25N3O2. The standard InChI is InChI=1S/C18H25N3O2/c1-13-10-15-14(4-3-7-21-8-5-19-6-9-21)12-20(2)17(15)16(11-13)18(22)23/h10-12,19H,3-9H2,1-2H3,(H,22,23). The van der Waals surface area contributed by atoms with Gasteiger partial charge in [-0.1, -0.05) is 0 Å². The number of fused-ring (bicyclic) bond motifs is 1. The number of piperazine rings is 1. The summed E-state index contributed by atoms with van der Waals surface area (Å²) in [6.07, 6.45) is 4.19. The summed E-state index contributed by atoms with van der Waals surface area (Å²) in [6.45, 7) is 7.47. The Morgan fingerprint density at radius 3 is 2.74 bits per heavy atom. The van der Waals surface area contributed by atoms with Gasteiger partial charge < -0.3 is 19.9 Å². The number of carboxylic acid groups (broad SMARTS) is 1. The maximum atomic E-state index is 11.5. The van der Waals surface area contributed by atoms with E-state index in [0.717, 1.165) is 62.0 Å². The lowest BCUT2D eigenvalue weighted by Gasteiger charge is -2.26. The Morgan fingerprint density at radius 1 is 1.30 bits per heavy atom. The summed E-state index contributed by atoms with van der Waals surface area (Å²) in [5, 5.41) is 13.9. The Labute approximate surface area is 136 Å². The van der Waals surface area contributed by atoms with Crippen molar-refractivity contribution < 1.29 is 9.90 Å². The average molecular weight is 315 g/mol. The largest absolute Gasteiger partial charge is 0.478 e. The smallest absolute Gasteiger partial charge is 0.337 e. The highest BCUT2D eigenvalue weighted by Crippen LogP contribution is 2.27. The fourth-order valence-corrected chi connectivity index (χ4v) is 3.56. The van der Waals surface area contributed by atoms with Gasteiger partial charge in [0.25, 0.3) is 0 Å². The highest BCUT2D eigenvalue weighted by molar-refractivity contribution is 6.03. The minimum Gasteiger partial charge on any atom is -0.478 e. The number of nitrogens with one attached hydrogen (secondary N) is 1. The number of carbonyl (C=O) groups is 1. The maximum Gasteiger partial charge on any atom is 0.337 e. The zero-order chi connectivity index (χ0) is 16.4. The number of aromatic nitrogens is 1. The van der Waals surface area contributed by atoms with Crippen LogP contribution in [0, 0.1) is 6.92 Å². The molecule has 1 aliphatic heterocycles. The summed E-state index contributed by atoms with van der Waals surface area (Å²) in [4.78, 5) is 14.0. The fourth-order valence-electron chi connectivity index (χ4n) is 3.56. The minimum absolute atomic E-state index is 0.399. The number of aryl methyl sites for hydroxylation is 3.